The Hall–Kier alpha value is -2.10. The molecule has 0 bridgehead atoms. The van der Waals surface area contributed by atoms with Crippen LogP contribution in [0.25, 0.3) is 21.9 Å². The fourth-order valence-electron chi connectivity index (χ4n) is 1.91. The summed E-state index contributed by atoms with van der Waals surface area (Å²) in [5.74, 6) is 1.19. The summed E-state index contributed by atoms with van der Waals surface area (Å²) in [7, 11) is 0. The average molecular weight is 216 g/mol. The Balaban J connectivity index is 2.31. The molecule has 0 saturated carbocycles. The minimum Gasteiger partial charge on any atom is -0.441 e. The summed E-state index contributed by atoms with van der Waals surface area (Å²) >= 11 is 0. The number of rotatable bonds is 2. The molecule has 0 aliphatic heterocycles. The summed E-state index contributed by atoms with van der Waals surface area (Å²) in [5, 5.41) is 5.15. The summed E-state index contributed by atoms with van der Waals surface area (Å²) in [6, 6.07) is 7.55. The van der Waals surface area contributed by atoms with Gasteiger partial charge in [-0.15, -0.1) is 0 Å². The Kier molecular flexibility index (Phi) is 1.83. The van der Waals surface area contributed by atoms with Gasteiger partial charge in [-0.2, -0.15) is 0 Å². The molecule has 3 N–H and O–H groups in total. The molecule has 3 rings (SSSR count). The summed E-state index contributed by atoms with van der Waals surface area (Å²) in [6.07, 6.45) is 0. The number of nitrogens with one attached hydrogen (secondary N) is 1. The summed E-state index contributed by atoms with van der Waals surface area (Å²) < 4.78 is 11.0. The topological polar surface area (TPSA) is 64.3 Å². The van der Waals surface area contributed by atoms with Gasteiger partial charge in [0.05, 0.1) is 0 Å². The fourth-order valence-corrected chi connectivity index (χ4v) is 1.91. The maximum absolute atomic E-state index is 5.63. The Bertz CT molecular complexity index is 651. The van der Waals surface area contributed by atoms with Crippen molar-refractivity contribution in [3.63, 3.8) is 0 Å². The highest BCUT2D eigenvalue weighted by Gasteiger charge is 2.09. The molecular weight excluding hydrogens is 204 g/mol. The molecule has 2 heterocycles. The van der Waals surface area contributed by atoms with E-state index >= 15 is 0 Å². The van der Waals surface area contributed by atoms with Crippen LogP contribution in [0.2, 0.25) is 0 Å². The molecule has 16 heavy (non-hydrogen) atoms. The standard InChI is InChI=1S/C12H12N2O2/c1-2-14-12-6-8-7-5-11(13)15-9(7)3-4-10(8)16-12/h3-6,14H,2,13H2,1H3. The van der Waals surface area contributed by atoms with Crippen LogP contribution in [0.3, 0.4) is 0 Å². The van der Waals surface area contributed by atoms with Crippen LogP contribution in [-0.2, 0) is 0 Å². The Morgan fingerprint density at radius 1 is 1.12 bits per heavy atom. The monoisotopic (exact) mass is 216 g/mol. The fraction of sp³-hybridized carbons (Fsp3) is 0.167. The van der Waals surface area contributed by atoms with Crippen LogP contribution in [0.1, 0.15) is 6.92 Å². The largest absolute Gasteiger partial charge is 0.441 e. The zero-order valence-corrected chi connectivity index (χ0v) is 8.91. The number of benzene rings is 1. The van der Waals surface area contributed by atoms with Crippen LogP contribution in [0.15, 0.2) is 33.1 Å². The molecule has 0 aliphatic rings. The van der Waals surface area contributed by atoms with E-state index in [0.717, 1.165) is 34.4 Å². The van der Waals surface area contributed by atoms with E-state index in [2.05, 4.69) is 5.32 Å². The molecule has 3 aromatic rings. The molecule has 0 radical (unpaired) electrons. The average Bonchev–Trinajstić information content (AvgIpc) is 2.79. The van der Waals surface area contributed by atoms with Crippen molar-refractivity contribution in [2.24, 2.45) is 0 Å². The second kappa shape index (κ2) is 3.20. The number of furan rings is 2. The molecular formula is C12H12N2O2. The Morgan fingerprint density at radius 2 is 1.81 bits per heavy atom. The number of anilines is 2. The summed E-state index contributed by atoms with van der Waals surface area (Å²) in [5.41, 5.74) is 7.26. The first-order valence-electron chi connectivity index (χ1n) is 5.23. The molecule has 0 atom stereocenters. The first-order chi connectivity index (χ1) is 7.78. The minimum absolute atomic E-state index is 0.425. The molecule has 82 valence electrons. The second-order valence-electron chi connectivity index (χ2n) is 3.68. The quantitative estimate of drug-likeness (QED) is 0.690. The zero-order chi connectivity index (χ0) is 11.1. The molecule has 0 saturated heterocycles. The summed E-state index contributed by atoms with van der Waals surface area (Å²) in [4.78, 5) is 0. The molecule has 1 aromatic carbocycles. The lowest BCUT2D eigenvalue weighted by molar-refractivity contribution is 0.626. The van der Waals surface area contributed by atoms with Crippen LogP contribution >= 0.6 is 0 Å². The summed E-state index contributed by atoms with van der Waals surface area (Å²) in [6.45, 7) is 2.86. The van der Waals surface area contributed by atoms with Gasteiger partial charge in [-0.25, -0.2) is 0 Å². The van der Waals surface area contributed by atoms with Gasteiger partial charge in [0.1, 0.15) is 11.2 Å². The maximum Gasteiger partial charge on any atom is 0.194 e. The molecule has 4 heteroatoms. The van der Waals surface area contributed by atoms with Gasteiger partial charge in [0, 0.05) is 29.4 Å². The van der Waals surface area contributed by atoms with E-state index in [1.54, 1.807) is 0 Å². The van der Waals surface area contributed by atoms with Crippen LogP contribution in [0.5, 0.6) is 0 Å². The van der Waals surface area contributed by atoms with Crippen LogP contribution in [0, 0.1) is 0 Å². The Labute approximate surface area is 92.0 Å². The molecule has 0 spiro atoms. The van der Waals surface area contributed by atoms with Crippen molar-refractivity contribution < 1.29 is 8.83 Å². The van der Waals surface area contributed by atoms with Crippen LogP contribution < -0.4 is 11.1 Å². The molecule has 0 unspecified atom stereocenters. The normalized spacial score (nSPS) is 11.3. The van der Waals surface area contributed by atoms with Gasteiger partial charge >= 0.3 is 0 Å². The minimum atomic E-state index is 0.425. The van der Waals surface area contributed by atoms with Gasteiger partial charge in [0.15, 0.2) is 11.8 Å². The van der Waals surface area contributed by atoms with Crippen LogP contribution in [-0.4, -0.2) is 6.54 Å². The highest BCUT2D eigenvalue weighted by Crippen LogP contribution is 2.32. The number of hydrogen-bond acceptors (Lipinski definition) is 4. The lowest BCUT2D eigenvalue weighted by atomic mass is 10.2. The smallest absolute Gasteiger partial charge is 0.194 e. The van der Waals surface area contributed by atoms with E-state index in [1.165, 1.54) is 0 Å². The lowest BCUT2D eigenvalue weighted by Crippen LogP contribution is -1.93. The second-order valence-corrected chi connectivity index (χ2v) is 3.68. The van der Waals surface area contributed by atoms with Crippen molar-refractivity contribution in [2.45, 2.75) is 6.92 Å². The van der Waals surface area contributed by atoms with Crippen molar-refractivity contribution in [1.29, 1.82) is 0 Å². The van der Waals surface area contributed by atoms with E-state index < -0.39 is 0 Å². The first-order valence-corrected chi connectivity index (χ1v) is 5.23. The highest BCUT2D eigenvalue weighted by atomic mass is 16.4. The van der Waals surface area contributed by atoms with Crippen molar-refractivity contribution in [2.75, 3.05) is 17.6 Å². The molecule has 4 nitrogen and oxygen atoms in total. The van der Waals surface area contributed by atoms with E-state index in [0.29, 0.717) is 5.88 Å². The number of nitrogens with two attached hydrogens (primary N) is 1. The third kappa shape index (κ3) is 1.23. The molecule has 2 aromatic heterocycles. The molecule has 0 fully saturated rings. The van der Waals surface area contributed by atoms with Crippen molar-refractivity contribution >= 4 is 33.7 Å². The molecule has 0 aliphatic carbocycles. The highest BCUT2D eigenvalue weighted by molar-refractivity contribution is 6.06. The predicted molar refractivity (Wildman–Crippen MR) is 64.6 cm³/mol. The lowest BCUT2D eigenvalue weighted by Gasteiger charge is -1.93. The van der Waals surface area contributed by atoms with Gasteiger partial charge in [-0.05, 0) is 19.1 Å². The van der Waals surface area contributed by atoms with E-state index in [4.69, 9.17) is 14.6 Å². The van der Waals surface area contributed by atoms with Crippen LogP contribution in [0.4, 0.5) is 11.8 Å². The van der Waals surface area contributed by atoms with Crippen molar-refractivity contribution in [1.82, 2.24) is 0 Å². The van der Waals surface area contributed by atoms with E-state index in [-0.39, 0.29) is 0 Å². The van der Waals surface area contributed by atoms with E-state index in [1.807, 2.05) is 31.2 Å². The first kappa shape index (κ1) is 9.15. The third-order valence-corrected chi connectivity index (χ3v) is 2.57. The maximum atomic E-state index is 5.63. The number of fused-ring (bicyclic) bond motifs is 3. The van der Waals surface area contributed by atoms with Gasteiger partial charge < -0.3 is 19.9 Å². The van der Waals surface area contributed by atoms with Gasteiger partial charge in [-0.1, -0.05) is 0 Å². The third-order valence-electron chi connectivity index (χ3n) is 2.57. The number of nitrogen functional groups attached to an aromatic ring is 1. The van der Waals surface area contributed by atoms with Gasteiger partial charge in [0.25, 0.3) is 0 Å². The van der Waals surface area contributed by atoms with Gasteiger partial charge in [-0.3, -0.25) is 0 Å². The van der Waals surface area contributed by atoms with Crippen molar-refractivity contribution in [3.8, 4) is 0 Å². The van der Waals surface area contributed by atoms with Gasteiger partial charge in [0.2, 0.25) is 0 Å². The molecule has 0 amide bonds. The Morgan fingerprint density at radius 3 is 2.56 bits per heavy atom. The predicted octanol–water partition coefficient (Wildman–Crippen LogP) is 3.19. The van der Waals surface area contributed by atoms with E-state index in [9.17, 15) is 0 Å². The zero-order valence-electron chi connectivity index (χ0n) is 8.91. The SMILES string of the molecule is CCNc1cc2c(ccc3oc(N)cc32)o1. The number of hydrogen-bond donors (Lipinski definition) is 2. The van der Waals surface area contributed by atoms with Crippen molar-refractivity contribution in [3.05, 3.63) is 24.3 Å².